The minimum atomic E-state index is -3.54. The second-order valence-corrected chi connectivity index (χ2v) is 6.62. The van der Waals surface area contributed by atoms with Crippen LogP contribution in [0, 0.1) is 12.7 Å². The number of aryl methyl sites for hydroxylation is 1. The molecule has 106 valence electrons. The molecule has 2 N–H and O–H groups in total. The third kappa shape index (κ3) is 3.75. The number of halogens is 1. The molecular formula is C13H19FN2O2S. The van der Waals surface area contributed by atoms with Crippen LogP contribution in [0.4, 0.5) is 4.39 Å². The van der Waals surface area contributed by atoms with Crippen LogP contribution in [0.1, 0.15) is 24.8 Å². The fourth-order valence-electron chi connectivity index (χ4n) is 2.36. The van der Waals surface area contributed by atoms with Crippen LogP contribution in [-0.4, -0.2) is 27.5 Å². The third-order valence-corrected chi connectivity index (χ3v) is 5.00. The maximum Gasteiger partial charge on any atom is 0.240 e. The highest BCUT2D eigenvalue weighted by atomic mass is 32.2. The lowest BCUT2D eigenvalue weighted by molar-refractivity contribution is 0.539. The van der Waals surface area contributed by atoms with Crippen molar-refractivity contribution < 1.29 is 12.8 Å². The topological polar surface area (TPSA) is 58.2 Å². The van der Waals surface area contributed by atoms with Crippen LogP contribution in [0.2, 0.25) is 0 Å². The maximum atomic E-state index is 13.0. The number of sulfonamides is 1. The molecule has 0 aliphatic carbocycles. The average molecular weight is 286 g/mol. The minimum absolute atomic E-state index is 0.147. The largest absolute Gasteiger partial charge is 0.314 e. The fourth-order valence-corrected chi connectivity index (χ4v) is 3.63. The van der Waals surface area contributed by atoms with Crippen molar-refractivity contribution in [3.05, 3.63) is 29.6 Å². The molecular weight excluding hydrogens is 267 g/mol. The second kappa shape index (κ2) is 5.98. The highest BCUT2D eigenvalue weighted by molar-refractivity contribution is 7.89. The summed E-state index contributed by atoms with van der Waals surface area (Å²) in [6.45, 7) is 3.00. The molecule has 1 aromatic carbocycles. The molecule has 0 bridgehead atoms. The van der Waals surface area contributed by atoms with Crippen molar-refractivity contribution in [3.8, 4) is 0 Å². The van der Waals surface area contributed by atoms with E-state index in [1.54, 1.807) is 6.92 Å². The molecule has 1 heterocycles. The molecule has 1 aromatic rings. The standard InChI is InChI=1S/C13H19FN2O2S/c1-10-9-11(14)4-5-13(10)19(17,18)16-8-6-12-3-2-7-15-12/h4-5,9,12,15-16H,2-3,6-8H2,1H3/t12-/m1/s1. The van der Waals surface area contributed by atoms with E-state index in [4.69, 9.17) is 0 Å². The van der Waals surface area contributed by atoms with E-state index in [0.29, 0.717) is 18.2 Å². The van der Waals surface area contributed by atoms with Gasteiger partial charge in [0.05, 0.1) is 4.90 Å². The molecule has 2 rings (SSSR count). The van der Waals surface area contributed by atoms with Gasteiger partial charge in [0.25, 0.3) is 0 Å². The van der Waals surface area contributed by atoms with Crippen LogP contribution in [0.5, 0.6) is 0 Å². The first-order valence-corrected chi connectivity index (χ1v) is 7.96. The zero-order valence-corrected chi connectivity index (χ0v) is 11.8. The molecule has 0 amide bonds. The second-order valence-electron chi connectivity index (χ2n) is 4.89. The van der Waals surface area contributed by atoms with Crippen LogP contribution in [-0.2, 0) is 10.0 Å². The molecule has 1 fully saturated rings. The zero-order chi connectivity index (χ0) is 13.9. The quantitative estimate of drug-likeness (QED) is 0.863. The van der Waals surface area contributed by atoms with Crippen LogP contribution < -0.4 is 10.0 Å². The first-order valence-electron chi connectivity index (χ1n) is 6.48. The highest BCUT2D eigenvalue weighted by Gasteiger charge is 2.18. The molecule has 0 radical (unpaired) electrons. The van der Waals surface area contributed by atoms with E-state index in [1.165, 1.54) is 18.2 Å². The van der Waals surface area contributed by atoms with Gasteiger partial charge in [-0.25, -0.2) is 17.5 Å². The summed E-state index contributed by atoms with van der Waals surface area (Å²) >= 11 is 0. The van der Waals surface area contributed by atoms with Gasteiger partial charge in [-0.05, 0) is 56.5 Å². The van der Waals surface area contributed by atoms with Gasteiger partial charge in [0.15, 0.2) is 0 Å². The molecule has 1 aliphatic heterocycles. The summed E-state index contributed by atoms with van der Waals surface area (Å²) in [5.74, 6) is -0.424. The summed E-state index contributed by atoms with van der Waals surface area (Å²) in [4.78, 5) is 0.147. The van der Waals surface area contributed by atoms with Gasteiger partial charge < -0.3 is 5.32 Å². The summed E-state index contributed by atoms with van der Waals surface area (Å²) in [5, 5.41) is 3.32. The van der Waals surface area contributed by atoms with Gasteiger partial charge >= 0.3 is 0 Å². The van der Waals surface area contributed by atoms with E-state index in [2.05, 4.69) is 10.0 Å². The van der Waals surface area contributed by atoms with Crippen molar-refractivity contribution in [1.29, 1.82) is 0 Å². The Morgan fingerprint density at radius 2 is 2.26 bits per heavy atom. The Morgan fingerprint density at radius 3 is 2.89 bits per heavy atom. The highest BCUT2D eigenvalue weighted by Crippen LogP contribution is 2.16. The van der Waals surface area contributed by atoms with E-state index < -0.39 is 15.8 Å². The minimum Gasteiger partial charge on any atom is -0.314 e. The maximum absolute atomic E-state index is 13.0. The van der Waals surface area contributed by atoms with Crippen LogP contribution >= 0.6 is 0 Å². The average Bonchev–Trinajstić information content (AvgIpc) is 2.81. The van der Waals surface area contributed by atoms with E-state index in [0.717, 1.165) is 25.8 Å². The predicted molar refractivity (Wildman–Crippen MR) is 72.0 cm³/mol. The Hall–Kier alpha value is -0.980. The normalized spacial score (nSPS) is 19.8. The zero-order valence-electron chi connectivity index (χ0n) is 10.9. The number of rotatable bonds is 5. The fraction of sp³-hybridized carbons (Fsp3) is 0.538. The molecule has 19 heavy (non-hydrogen) atoms. The molecule has 0 saturated carbocycles. The molecule has 0 unspecified atom stereocenters. The van der Waals surface area contributed by atoms with E-state index >= 15 is 0 Å². The summed E-state index contributed by atoms with van der Waals surface area (Å²) < 4.78 is 39.7. The van der Waals surface area contributed by atoms with Gasteiger partial charge in [0.2, 0.25) is 10.0 Å². The summed E-state index contributed by atoms with van der Waals surface area (Å²) in [5.41, 5.74) is 0.423. The van der Waals surface area contributed by atoms with Gasteiger partial charge in [0, 0.05) is 12.6 Å². The Balaban J connectivity index is 1.97. The van der Waals surface area contributed by atoms with Crippen molar-refractivity contribution in [3.63, 3.8) is 0 Å². The predicted octanol–water partition coefficient (Wildman–Crippen LogP) is 1.55. The van der Waals surface area contributed by atoms with Crippen molar-refractivity contribution in [2.45, 2.75) is 37.1 Å². The molecule has 4 nitrogen and oxygen atoms in total. The summed E-state index contributed by atoms with van der Waals surface area (Å²) in [6, 6.07) is 4.10. The Bertz CT molecular complexity index is 540. The lowest BCUT2D eigenvalue weighted by atomic mass is 10.2. The summed E-state index contributed by atoms with van der Waals surface area (Å²) in [7, 11) is -3.54. The monoisotopic (exact) mass is 286 g/mol. The van der Waals surface area contributed by atoms with Gasteiger partial charge in [-0.3, -0.25) is 0 Å². The van der Waals surface area contributed by atoms with Gasteiger partial charge in [-0.2, -0.15) is 0 Å². The number of benzene rings is 1. The SMILES string of the molecule is Cc1cc(F)ccc1S(=O)(=O)NCC[C@H]1CCCN1. The van der Waals surface area contributed by atoms with Crippen molar-refractivity contribution >= 4 is 10.0 Å². The molecule has 0 aromatic heterocycles. The lowest BCUT2D eigenvalue weighted by Gasteiger charge is -2.12. The van der Waals surface area contributed by atoms with Crippen LogP contribution in [0.3, 0.4) is 0 Å². The number of hydrogen-bond acceptors (Lipinski definition) is 3. The van der Waals surface area contributed by atoms with Gasteiger partial charge in [-0.15, -0.1) is 0 Å². The van der Waals surface area contributed by atoms with E-state index in [9.17, 15) is 12.8 Å². The lowest BCUT2D eigenvalue weighted by Crippen LogP contribution is -2.31. The first kappa shape index (κ1) is 14.4. The van der Waals surface area contributed by atoms with Crippen molar-refractivity contribution in [1.82, 2.24) is 10.0 Å². The molecule has 0 spiro atoms. The third-order valence-electron chi connectivity index (χ3n) is 3.37. The van der Waals surface area contributed by atoms with Gasteiger partial charge in [-0.1, -0.05) is 0 Å². The van der Waals surface area contributed by atoms with Gasteiger partial charge in [0.1, 0.15) is 5.82 Å². The molecule has 1 aliphatic rings. The first-order chi connectivity index (χ1) is 8.99. The summed E-state index contributed by atoms with van der Waals surface area (Å²) in [6.07, 6.45) is 3.02. The van der Waals surface area contributed by atoms with Crippen molar-refractivity contribution in [2.75, 3.05) is 13.1 Å². The van der Waals surface area contributed by atoms with Crippen LogP contribution in [0.25, 0.3) is 0 Å². The Labute approximate surface area is 113 Å². The van der Waals surface area contributed by atoms with E-state index in [-0.39, 0.29) is 4.90 Å². The smallest absolute Gasteiger partial charge is 0.240 e. The molecule has 6 heteroatoms. The Morgan fingerprint density at radius 1 is 1.47 bits per heavy atom. The Kier molecular flexibility index (Phi) is 4.54. The molecule has 1 atom stereocenters. The van der Waals surface area contributed by atoms with E-state index in [1.807, 2.05) is 0 Å². The molecule has 1 saturated heterocycles. The number of nitrogens with one attached hydrogen (secondary N) is 2. The van der Waals surface area contributed by atoms with Crippen molar-refractivity contribution in [2.24, 2.45) is 0 Å². The van der Waals surface area contributed by atoms with Crippen LogP contribution in [0.15, 0.2) is 23.1 Å². The number of hydrogen-bond donors (Lipinski definition) is 2.